The number of ether oxygens (including phenoxy) is 4. The second-order valence-corrected chi connectivity index (χ2v) is 10.5. The van der Waals surface area contributed by atoms with Gasteiger partial charge in [0.05, 0.1) is 15.8 Å². The van der Waals surface area contributed by atoms with Crippen molar-refractivity contribution < 1.29 is 37.0 Å². The first-order chi connectivity index (χ1) is 17.4. The van der Waals surface area contributed by atoms with Crippen LogP contribution in [0.2, 0.25) is 0 Å². The summed E-state index contributed by atoms with van der Waals surface area (Å²) in [7, 11) is -3.98. The number of para-hydroxylation sites is 1. The molecule has 3 aromatic carbocycles. The van der Waals surface area contributed by atoms with E-state index < -0.39 is 26.9 Å². The molecule has 0 bridgehead atoms. The zero-order chi connectivity index (χ0) is 24.9. The first kappa shape index (κ1) is 22.2. The fourth-order valence-corrected chi connectivity index (χ4v) is 6.40. The molecule has 0 aliphatic carbocycles. The Morgan fingerprint density at radius 3 is 2.33 bits per heavy atom. The van der Waals surface area contributed by atoms with Gasteiger partial charge >= 0.3 is 0 Å². The van der Waals surface area contributed by atoms with Crippen LogP contribution >= 0.6 is 0 Å². The van der Waals surface area contributed by atoms with Gasteiger partial charge in [-0.05, 0) is 42.0 Å². The highest BCUT2D eigenvalue weighted by atomic mass is 32.2. The number of hydrogen-bond acceptors (Lipinski definition) is 8. The molecule has 0 spiro atoms. The Kier molecular flexibility index (Phi) is 5.22. The second kappa shape index (κ2) is 8.45. The Morgan fingerprint density at radius 2 is 1.56 bits per heavy atom. The Bertz CT molecular complexity index is 1500. The average Bonchev–Trinajstić information content (AvgIpc) is 3.52. The molecule has 1 N–H and O–H groups in total. The Hall–Kier alpha value is -4.25. The standard InChI is InChI=1S/C25H20N2O8S/c28-24(26-16-6-8-19-21(10-16)35-14-33-19)12-27-17-3-1-2-4-22(17)36(30,31)23(11-25(27)29)15-5-7-18-20(9-15)34-13-32-18/h1-10,23H,11-14H2,(H,26,28). The van der Waals surface area contributed by atoms with Gasteiger partial charge < -0.3 is 29.2 Å². The summed E-state index contributed by atoms with van der Waals surface area (Å²) < 4.78 is 48.8. The van der Waals surface area contributed by atoms with Gasteiger partial charge in [0.15, 0.2) is 32.8 Å². The number of sulfone groups is 1. The van der Waals surface area contributed by atoms with Crippen LogP contribution in [0.25, 0.3) is 0 Å². The van der Waals surface area contributed by atoms with Crippen molar-refractivity contribution >= 4 is 33.0 Å². The van der Waals surface area contributed by atoms with Crippen LogP contribution in [0.1, 0.15) is 17.2 Å². The highest BCUT2D eigenvalue weighted by Gasteiger charge is 2.40. The lowest BCUT2D eigenvalue weighted by Gasteiger charge is -2.22. The Balaban J connectivity index is 1.31. The monoisotopic (exact) mass is 508 g/mol. The van der Waals surface area contributed by atoms with Crippen LogP contribution in [0, 0.1) is 0 Å². The fourth-order valence-electron chi connectivity index (χ4n) is 4.49. The van der Waals surface area contributed by atoms with Crippen LogP contribution in [0.3, 0.4) is 0 Å². The minimum absolute atomic E-state index is 0.0191. The van der Waals surface area contributed by atoms with Crippen LogP contribution in [0.4, 0.5) is 11.4 Å². The maximum atomic E-state index is 13.7. The van der Waals surface area contributed by atoms with E-state index in [1.165, 1.54) is 17.0 Å². The van der Waals surface area contributed by atoms with Gasteiger partial charge in [0.1, 0.15) is 6.54 Å². The van der Waals surface area contributed by atoms with Crippen LogP contribution < -0.4 is 29.2 Å². The average molecular weight is 509 g/mol. The third-order valence-electron chi connectivity index (χ3n) is 6.22. The highest BCUT2D eigenvalue weighted by Crippen LogP contribution is 2.43. The molecule has 1 unspecified atom stereocenters. The molecular formula is C25H20N2O8S. The third-order valence-corrected chi connectivity index (χ3v) is 8.37. The van der Waals surface area contributed by atoms with Crippen molar-refractivity contribution in [3.63, 3.8) is 0 Å². The van der Waals surface area contributed by atoms with E-state index in [9.17, 15) is 18.0 Å². The number of nitrogens with zero attached hydrogens (tertiary/aromatic N) is 1. The first-order valence-electron chi connectivity index (χ1n) is 11.1. The Labute approximate surface area is 206 Å². The van der Waals surface area contributed by atoms with E-state index in [0.29, 0.717) is 34.2 Å². The van der Waals surface area contributed by atoms with Crippen molar-refractivity contribution in [2.75, 3.05) is 30.3 Å². The van der Waals surface area contributed by atoms with Gasteiger partial charge in [-0.2, -0.15) is 0 Å². The minimum Gasteiger partial charge on any atom is -0.454 e. The molecule has 1 atom stereocenters. The lowest BCUT2D eigenvalue weighted by Crippen LogP contribution is -2.38. The molecule has 6 rings (SSSR count). The topological polar surface area (TPSA) is 120 Å². The molecule has 0 aromatic heterocycles. The molecule has 3 aliphatic heterocycles. The molecule has 0 radical (unpaired) electrons. The second-order valence-electron chi connectivity index (χ2n) is 8.41. The van der Waals surface area contributed by atoms with E-state index in [0.717, 1.165) is 0 Å². The molecule has 2 amide bonds. The summed E-state index contributed by atoms with van der Waals surface area (Å²) in [6.45, 7) is -0.220. The van der Waals surface area contributed by atoms with Gasteiger partial charge in [-0.15, -0.1) is 0 Å². The van der Waals surface area contributed by atoms with Gasteiger partial charge in [-0.3, -0.25) is 9.59 Å². The Morgan fingerprint density at radius 1 is 0.889 bits per heavy atom. The third kappa shape index (κ3) is 3.77. The van der Waals surface area contributed by atoms with E-state index in [1.807, 2.05) is 0 Å². The van der Waals surface area contributed by atoms with Crippen molar-refractivity contribution in [2.24, 2.45) is 0 Å². The number of nitrogens with one attached hydrogen (secondary N) is 1. The summed E-state index contributed by atoms with van der Waals surface area (Å²) in [4.78, 5) is 27.5. The smallest absolute Gasteiger partial charge is 0.244 e. The van der Waals surface area contributed by atoms with Crippen molar-refractivity contribution in [3.05, 3.63) is 66.2 Å². The molecule has 184 valence electrons. The minimum atomic E-state index is -3.98. The highest BCUT2D eigenvalue weighted by molar-refractivity contribution is 7.92. The number of hydrogen-bond donors (Lipinski definition) is 1. The molecule has 3 aliphatic rings. The van der Waals surface area contributed by atoms with Crippen LogP contribution in [0.5, 0.6) is 23.0 Å². The number of carbonyl (C=O) groups is 2. The summed E-state index contributed by atoms with van der Waals surface area (Å²) in [6.07, 6.45) is -0.339. The summed E-state index contributed by atoms with van der Waals surface area (Å²) in [5.41, 5.74) is 1.03. The largest absolute Gasteiger partial charge is 0.454 e. The van der Waals surface area contributed by atoms with Gasteiger partial charge in [-0.1, -0.05) is 18.2 Å². The predicted molar refractivity (Wildman–Crippen MR) is 127 cm³/mol. The van der Waals surface area contributed by atoms with E-state index in [2.05, 4.69) is 5.32 Å². The van der Waals surface area contributed by atoms with Crippen LogP contribution in [-0.2, 0) is 19.4 Å². The molecule has 3 aromatic rings. The summed E-state index contributed by atoms with van der Waals surface area (Å²) in [5.74, 6) is 1.03. The zero-order valence-corrected chi connectivity index (χ0v) is 19.6. The SMILES string of the molecule is O=C(CN1C(=O)CC(c2ccc3c(c2)OCO3)S(=O)(=O)c2ccccc21)Nc1ccc2c(c1)OCO2. The molecule has 3 heterocycles. The van der Waals surface area contributed by atoms with Gasteiger partial charge in [0.25, 0.3) is 0 Å². The maximum Gasteiger partial charge on any atom is 0.244 e. The van der Waals surface area contributed by atoms with E-state index in [1.54, 1.807) is 48.5 Å². The van der Waals surface area contributed by atoms with Gasteiger partial charge in [0.2, 0.25) is 25.4 Å². The lowest BCUT2D eigenvalue weighted by atomic mass is 10.1. The quantitative estimate of drug-likeness (QED) is 0.571. The number of anilines is 2. The first-order valence-corrected chi connectivity index (χ1v) is 12.7. The molecule has 36 heavy (non-hydrogen) atoms. The van der Waals surface area contributed by atoms with E-state index in [-0.39, 0.29) is 37.1 Å². The predicted octanol–water partition coefficient (Wildman–Crippen LogP) is 3.03. The summed E-state index contributed by atoms with van der Waals surface area (Å²) in [5, 5.41) is 1.58. The molecule has 0 saturated carbocycles. The number of amides is 2. The van der Waals surface area contributed by atoms with Gasteiger partial charge in [0, 0.05) is 18.2 Å². The number of fused-ring (bicyclic) bond motifs is 3. The van der Waals surface area contributed by atoms with E-state index in [4.69, 9.17) is 18.9 Å². The van der Waals surface area contributed by atoms with Crippen molar-refractivity contribution in [1.82, 2.24) is 0 Å². The normalized spacial score (nSPS) is 18.9. The van der Waals surface area contributed by atoms with Crippen molar-refractivity contribution in [2.45, 2.75) is 16.6 Å². The molecule has 0 saturated heterocycles. The molecule has 10 nitrogen and oxygen atoms in total. The van der Waals surface area contributed by atoms with Crippen LogP contribution in [-0.4, -0.2) is 40.4 Å². The number of benzene rings is 3. The van der Waals surface area contributed by atoms with Gasteiger partial charge in [-0.25, -0.2) is 8.42 Å². The lowest BCUT2D eigenvalue weighted by molar-refractivity contribution is -0.121. The summed E-state index contributed by atoms with van der Waals surface area (Å²) >= 11 is 0. The summed E-state index contributed by atoms with van der Waals surface area (Å²) in [6, 6.07) is 16.0. The zero-order valence-electron chi connectivity index (χ0n) is 18.8. The van der Waals surface area contributed by atoms with Crippen molar-refractivity contribution in [1.29, 1.82) is 0 Å². The fraction of sp³-hybridized carbons (Fsp3) is 0.200. The number of carbonyl (C=O) groups excluding carboxylic acids is 2. The molecule has 11 heteroatoms. The van der Waals surface area contributed by atoms with Crippen LogP contribution in [0.15, 0.2) is 65.6 Å². The molecular weight excluding hydrogens is 488 g/mol. The molecule has 0 fully saturated rings. The van der Waals surface area contributed by atoms with E-state index >= 15 is 0 Å². The van der Waals surface area contributed by atoms with Crippen molar-refractivity contribution in [3.8, 4) is 23.0 Å². The maximum absolute atomic E-state index is 13.7. The number of rotatable bonds is 4.